The average molecular weight is 341 g/mol. The van der Waals surface area contributed by atoms with Crippen molar-refractivity contribution in [3.05, 3.63) is 66.0 Å². The van der Waals surface area contributed by atoms with Gasteiger partial charge in [0.25, 0.3) is 5.91 Å². The van der Waals surface area contributed by atoms with E-state index in [0.29, 0.717) is 11.3 Å². The Morgan fingerprint density at radius 1 is 1.28 bits per heavy atom. The lowest BCUT2D eigenvalue weighted by Gasteiger charge is -2.22. The number of imidazole rings is 1. The molecule has 0 bridgehead atoms. The Kier molecular flexibility index (Phi) is 4.47. The summed E-state index contributed by atoms with van der Waals surface area (Å²) in [5, 5.41) is 0. The Labute approximate surface area is 143 Å². The van der Waals surface area contributed by atoms with Crippen molar-refractivity contribution in [1.29, 1.82) is 0 Å². The quantitative estimate of drug-likeness (QED) is 0.684. The second-order valence-corrected chi connectivity index (χ2v) is 5.47. The third-order valence-corrected chi connectivity index (χ3v) is 3.95. The van der Waals surface area contributed by atoms with Crippen molar-refractivity contribution < 1.29 is 18.7 Å². The van der Waals surface area contributed by atoms with E-state index in [9.17, 15) is 14.0 Å². The molecule has 0 saturated heterocycles. The smallest absolute Gasteiger partial charge is 0.325 e. The third kappa shape index (κ3) is 3.21. The van der Waals surface area contributed by atoms with Gasteiger partial charge < -0.3 is 9.14 Å². The molecule has 6 nitrogen and oxygen atoms in total. The van der Waals surface area contributed by atoms with Crippen LogP contribution < -0.4 is 4.90 Å². The molecule has 0 aliphatic rings. The van der Waals surface area contributed by atoms with Crippen LogP contribution in [0.4, 0.5) is 10.1 Å². The standard InChI is InChI=1S/C18H16FN3O3/c1-12-16(7-6-15-9-20-11-22(12)15)18(24)21(10-17(23)25-2)14-5-3-4-13(19)8-14/h3-9,11H,10H2,1-2H3. The summed E-state index contributed by atoms with van der Waals surface area (Å²) in [6.45, 7) is 1.46. The van der Waals surface area contributed by atoms with E-state index in [1.807, 2.05) is 0 Å². The number of rotatable bonds is 4. The minimum Gasteiger partial charge on any atom is -0.468 e. The van der Waals surface area contributed by atoms with Crippen LogP contribution >= 0.6 is 0 Å². The monoisotopic (exact) mass is 341 g/mol. The van der Waals surface area contributed by atoms with Gasteiger partial charge in [0.15, 0.2) is 0 Å². The highest BCUT2D eigenvalue weighted by atomic mass is 19.1. The highest BCUT2D eigenvalue weighted by molar-refractivity contribution is 6.09. The van der Waals surface area contributed by atoms with Crippen LogP contribution in [0, 0.1) is 12.7 Å². The largest absolute Gasteiger partial charge is 0.468 e. The number of ether oxygens (including phenoxy) is 1. The molecule has 0 saturated carbocycles. The molecule has 2 aromatic heterocycles. The van der Waals surface area contributed by atoms with Gasteiger partial charge in [0, 0.05) is 11.4 Å². The number of pyridine rings is 1. The van der Waals surface area contributed by atoms with Crippen LogP contribution in [0.3, 0.4) is 0 Å². The molecule has 25 heavy (non-hydrogen) atoms. The number of amides is 1. The molecule has 0 aliphatic heterocycles. The maximum Gasteiger partial charge on any atom is 0.325 e. The first-order chi connectivity index (χ1) is 12.0. The van der Waals surface area contributed by atoms with E-state index in [0.717, 1.165) is 5.52 Å². The fraction of sp³-hybridized carbons (Fsp3) is 0.167. The summed E-state index contributed by atoms with van der Waals surface area (Å²) < 4.78 is 20.0. The number of carbonyl (C=O) groups excluding carboxylic acids is 2. The van der Waals surface area contributed by atoms with Crippen molar-refractivity contribution in [2.24, 2.45) is 0 Å². The first-order valence-corrected chi connectivity index (χ1v) is 7.57. The predicted molar refractivity (Wildman–Crippen MR) is 90.0 cm³/mol. The molecule has 0 atom stereocenters. The molecule has 128 valence electrons. The molecular weight excluding hydrogens is 325 g/mol. The van der Waals surface area contributed by atoms with Gasteiger partial charge in [0.05, 0.1) is 30.7 Å². The van der Waals surface area contributed by atoms with Crippen molar-refractivity contribution in [3.8, 4) is 0 Å². The second-order valence-electron chi connectivity index (χ2n) is 5.47. The number of hydrogen-bond acceptors (Lipinski definition) is 4. The van der Waals surface area contributed by atoms with Gasteiger partial charge >= 0.3 is 5.97 Å². The minimum absolute atomic E-state index is 0.278. The first-order valence-electron chi connectivity index (χ1n) is 7.57. The molecule has 0 unspecified atom stereocenters. The second kappa shape index (κ2) is 6.72. The van der Waals surface area contributed by atoms with Crippen LogP contribution in [0.15, 0.2) is 48.9 Å². The van der Waals surface area contributed by atoms with Gasteiger partial charge in [-0.2, -0.15) is 0 Å². The maximum atomic E-state index is 13.6. The van der Waals surface area contributed by atoms with Crippen molar-refractivity contribution in [2.45, 2.75) is 6.92 Å². The fourth-order valence-electron chi connectivity index (χ4n) is 2.62. The van der Waals surface area contributed by atoms with Crippen LogP contribution in [0.1, 0.15) is 16.1 Å². The summed E-state index contributed by atoms with van der Waals surface area (Å²) in [5.41, 5.74) is 2.18. The van der Waals surface area contributed by atoms with E-state index in [1.165, 1.54) is 30.2 Å². The Balaban J connectivity index is 2.06. The van der Waals surface area contributed by atoms with Gasteiger partial charge in [-0.25, -0.2) is 9.37 Å². The molecule has 3 rings (SSSR count). The van der Waals surface area contributed by atoms with Crippen LogP contribution in [0.2, 0.25) is 0 Å². The molecule has 7 heteroatoms. The number of aryl methyl sites for hydroxylation is 1. The number of benzene rings is 1. The number of carbonyl (C=O) groups is 2. The zero-order valence-electron chi connectivity index (χ0n) is 13.8. The first kappa shape index (κ1) is 16.6. The summed E-state index contributed by atoms with van der Waals surface area (Å²) in [7, 11) is 1.24. The van der Waals surface area contributed by atoms with E-state index < -0.39 is 17.7 Å². The predicted octanol–water partition coefficient (Wildman–Crippen LogP) is 2.60. The molecule has 3 aromatic rings. The van der Waals surface area contributed by atoms with Crippen molar-refractivity contribution in [3.63, 3.8) is 0 Å². The summed E-state index contributed by atoms with van der Waals surface area (Å²) in [6, 6.07) is 8.94. The molecule has 1 aromatic carbocycles. The maximum absolute atomic E-state index is 13.6. The van der Waals surface area contributed by atoms with E-state index in [4.69, 9.17) is 0 Å². The SMILES string of the molecule is COC(=O)CN(C(=O)c1ccc2cncn2c1C)c1cccc(F)c1. The van der Waals surface area contributed by atoms with Gasteiger partial charge in [-0.05, 0) is 37.3 Å². The van der Waals surface area contributed by atoms with Crippen molar-refractivity contribution in [1.82, 2.24) is 9.38 Å². The van der Waals surface area contributed by atoms with E-state index in [-0.39, 0.29) is 12.2 Å². The van der Waals surface area contributed by atoms with Gasteiger partial charge in [-0.1, -0.05) is 6.07 Å². The van der Waals surface area contributed by atoms with Gasteiger partial charge in [0.2, 0.25) is 0 Å². The normalized spacial score (nSPS) is 10.7. The highest BCUT2D eigenvalue weighted by Gasteiger charge is 2.23. The topological polar surface area (TPSA) is 63.9 Å². The minimum atomic E-state index is -0.598. The van der Waals surface area contributed by atoms with E-state index in [2.05, 4.69) is 9.72 Å². The van der Waals surface area contributed by atoms with Crippen LogP contribution in [0.5, 0.6) is 0 Å². The van der Waals surface area contributed by atoms with E-state index in [1.54, 1.807) is 42.0 Å². The number of halogens is 1. The molecule has 1 amide bonds. The highest BCUT2D eigenvalue weighted by Crippen LogP contribution is 2.21. The zero-order valence-corrected chi connectivity index (χ0v) is 13.8. The number of esters is 1. The molecular formula is C18H16FN3O3. The Bertz CT molecular complexity index is 952. The van der Waals surface area contributed by atoms with E-state index >= 15 is 0 Å². The number of fused-ring (bicyclic) bond motifs is 1. The molecule has 2 heterocycles. The van der Waals surface area contributed by atoms with Gasteiger partial charge in [-0.3, -0.25) is 14.5 Å². The number of hydrogen-bond donors (Lipinski definition) is 0. The number of aromatic nitrogens is 2. The molecule has 0 aliphatic carbocycles. The van der Waals surface area contributed by atoms with Gasteiger partial charge in [-0.15, -0.1) is 0 Å². The van der Waals surface area contributed by atoms with Crippen LogP contribution in [0.25, 0.3) is 5.52 Å². The summed E-state index contributed by atoms with van der Waals surface area (Å²) in [6.07, 6.45) is 3.29. The lowest BCUT2D eigenvalue weighted by Crippen LogP contribution is -2.37. The third-order valence-electron chi connectivity index (χ3n) is 3.95. The molecule has 0 fully saturated rings. The number of anilines is 1. The summed E-state index contributed by atoms with van der Waals surface area (Å²) in [4.78, 5) is 30.1. The number of nitrogens with zero attached hydrogens (tertiary/aromatic N) is 3. The molecule has 0 N–H and O–H groups in total. The molecule has 0 radical (unpaired) electrons. The van der Waals surface area contributed by atoms with Crippen LogP contribution in [-0.2, 0) is 9.53 Å². The van der Waals surface area contributed by atoms with Crippen molar-refractivity contribution >= 4 is 23.1 Å². The summed E-state index contributed by atoms with van der Waals surface area (Å²) >= 11 is 0. The lowest BCUT2D eigenvalue weighted by molar-refractivity contribution is -0.138. The molecule has 0 spiro atoms. The van der Waals surface area contributed by atoms with Crippen molar-refractivity contribution in [2.75, 3.05) is 18.6 Å². The summed E-state index contributed by atoms with van der Waals surface area (Å²) in [5.74, 6) is -1.52. The lowest BCUT2D eigenvalue weighted by atomic mass is 10.1. The van der Waals surface area contributed by atoms with Gasteiger partial charge in [0.1, 0.15) is 12.4 Å². The fourth-order valence-corrected chi connectivity index (χ4v) is 2.62. The zero-order chi connectivity index (χ0) is 18.0. The number of methoxy groups -OCH3 is 1. The Hall–Kier alpha value is -3.22. The average Bonchev–Trinajstić information content (AvgIpc) is 3.09. The Morgan fingerprint density at radius 2 is 2.08 bits per heavy atom. The Morgan fingerprint density at radius 3 is 2.80 bits per heavy atom. The van der Waals surface area contributed by atoms with Crippen LogP contribution in [-0.4, -0.2) is 34.9 Å².